The van der Waals surface area contributed by atoms with Crippen LogP contribution < -0.4 is 0 Å². The Bertz CT molecular complexity index is 417. The van der Waals surface area contributed by atoms with Crippen molar-refractivity contribution in [2.45, 2.75) is 31.3 Å². The molecule has 3 heteroatoms. The van der Waals surface area contributed by atoms with Crippen LogP contribution in [0, 0.1) is 0 Å². The van der Waals surface area contributed by atoms with Crippen LogP contribution in [0.15, 0.2) is 36.4 Å². The molecule has 0 spiro atoms. The minimum atomic E-state index is -0.943. The van der Waals surface area contributed by atoms with Crippen molar-refractivity contribution >= 4 is 12.0 Å². The van der Waals surface area contributed by atoms with E-state index in [0.717, 1.165) is 18.4 Å². The maximum Gasteiger partial charge on any atom is 0.335 e. The molecule has 0 atom stereocenters. The Balaban J connectivity index is 1.88. The summed E-state index contributed by atoms with van der Waals surface area (Å²) in [5.41, 5.74) is 0.151. The van der Waals surface area contributed by atoms with E-state index in [1.807, 2.05) is 42.5 Å². The Morgan fingerprint density at radius 2 is 1.94 bits per heavy atom. The summed E-state index contributed by atoms with van der Waals surface area (Å²) in [7, 11) is 0. The molecule has 1 saturated carbocycles. The van der Waals surface area contributed by atoms with Gasteiger partial charge in [0.15, 0.2) is 5.60 Å². The summed E-state index contributed by atoms with van der Waals surface area (Å²) in [4.78, 5) is 11.2. The first kappa shape index (κ1) is 12.8. The smallest absolute Gasteiger partial charge is 0.335 e. The van der Waals surface area contributed by atoms with E-state index in [4.69, 9.17) is 4.74 Å². The van der Waals surface area contributed by atoms with Crippen molar-refractivity contribution in [2.24, 2.45) is 0 Å². The molecule has 1 aliphatic rings. The van der Waals surface area contributed by atoms with Crippen LogP contribution in [-0.4, -0.2) is 23.3 Å². The molecule has 0 bridgehead atoms. The van der Waals surface area contributed by atoms with E-state index in [1.54, 1.807) is 0 Å². The van der Waals surface area contributed by atoms with Crippen LogP contribution in [0.25, 0.3) is 6.08 Å². The van der Waals surface area contributed by atoms with Crippen molar-refractivity contribution in [2.75, 3.05) is 6.61 Å². The van der Waals surface area contributed by atoms with Gasteiger partial charge in [0, 0.05) is 0 Å². The molecule has 3 nitrogen and oxygen atoms in total. The molecule has 0 unspecified atom stereocenters. The zero-order valence-electron chi connectivity index (χ0n) is 10.3. The number of hydrogen-bond acceptors (Lipinski definition) is 2. The molecule has 1 aromatic rings. The second-order valence-electron chi connectivity index (χ2n) is 4.63. The summed E-state index contributed by atoms with van der Waals surface area (Å²) in [6.07, 6.45) is 6.95. The number of carboxylic acid groups (broad SMARTS) is 1. The van der Waals surface area contributed by atoms with E-state index in [1.165, 1.54) is 0 Å². The third-order valence-electron chi connectivity index (χ3n) is 3.37. The van der Waals surface area contributed by atoms with E-state index >= 15 is 0 Å². The van der Waals surface area contributed by atoms with E-state index in [0.29, 0.717) is 19.4 Å². The van der Waals surface area contributed by atoms with E-state index in [-0.39, 0.29) is 0 Å². The van der Waals surface area contributed by atoms with Gasteiger partial charge in [0.2, 0.25) is 0 Å². The van der Waals surface area contributed by atoms with Crippen LogP contribution in [-0.2, 0) is 9.53 Å². The first-order valence-electron chi connectivity index (χ1n) is 6.32. The van der Waals surface area contributed by atoms with Crippen LogP contribution in [0.3, 0.4) is 0 Å². The highest BCUT2D eigenvalue weighted by Gasteiger charge is 2.42. The molecule has 1 aliphatic carbocycles. The molecule has 1 N–H and O–H groups in total. The van der Waals surface area contributed by atoms with Crippen LogP contribution in [0.4, 0.5) is 0 Å². The van der Waals surface area contributed by atoms with Gasteiger partial charge in [-0.2, -0.15) is 0 Å². The Kier molecular flexibility index (Phi) is 4.15. The normalized spacial score (nSPS) is 18.2. The number of benzene rings is 1. The summed E-state index contributed by atoms with van der Waals surface area (Å²) in [6, 6.07) is 9.90. The average molecular weight is 246 g/mol. The predicted molar refractivity (Wildman–Crippen MR) is 70.3 cm³/mol. The number of hydrogen-bond donors (Lipinski definition) is 1. The highest BCUT2D eigenvalue weighted by atomic mass is 16.5. The lowest BCUT2D eigenvalue weighted by atomic mass is 10.0. The van der Waals surface area contributed by atoms with Gasteiger partial charge in [-0.25, -0.2) is 4.79 Å². The second-order valence-corrected chi connectivity index (χ2v) is 4.63. The molecule has 1 fully saturated rings. The summed E-state index contributed by atoms with van der Waals surface area (Å²) >= 11 is 0. The summed E-state index contributed by atoms with van der Waals surface area (Å²) in [6.45, 7) is 0.348. The van der Waals surface area contributed by atoms with Crippen molar-refractivity contribution in [3.8, 4) is 0 Å². The third kappa shape index (κ3) is 2.99. The van der Waals surface area contributed by atoms with Gasteiger partial charge in [0.05, 0.1) is 6.61 Å². The first-order valence-corrected chi connectivity index (χ1v) is 6.32. The lowest BCUT2D eigenvalue weighted by Gasteiger charge is -2.23. The predicted octanol–water partition coefficient (Wildman–Crippen LogP) is 3.11. The fraction of sp³-hybridized carbons (Fsp3) is 0.400. The molecule has 0 aromatic heterocycles. The number of ether oxygens (including phenoxy) is 1. The fourth-order valence-corrected chi connectivity index (χ4v) is 2.32. The van der Waals surface area contributed by atoms with Gasteiger partial charge < -0.3 is 9.84 Å². The topological polar surface area (TPSA) is 46.5 Å². The quantitative estimate of drug-likeness (QED) is 0.868. The van der Waals surface area contributed by atoms with Crippen molar-refractivity contribution in [3.05, 3.63) is 42.0 Å². The maximum absolute atomic E-state index is 11.2. The minimum absolute atomic E-state index is 0.348. The van der Waals surface area contributed by atoms with Crippen molar-refractivity contribution in [3.63, 3.8) is 0 Å². The molecule has 0 saturated heterocycles. The summed E-state index contributed by atoms with van der Waals surface area (Å²) < 4.78 is 5.59. The number of rotatable bonds is 5. The van der Waals surface area contributed by atoms with Gasteiger partial charge >= 0.3 is 5.97 Å². The van der Waals surface area contributed by atoms with Gasteiger partial charge in [-0.1, -0.05) is 42.5 Å². The van der Waals surface area contributed by atoms with Crippen LogP contribution in [0.2, 0.25) is 0 Å². The highest BCUT2D eigenvalue weighted by Crippen LogP contribution is 2.33. The molecular weight excluding hydrogens is 228 g/mol. The first-order chi connectivity index (χ1) is 8.73. The zero-order chi connectivity index (χ0) is 12.8. The van der Waals surface area contributed by atoms with Crippen molar-refractivity contribution < 1.29 is 14.6 Å². The lowest BCUT2D eigenvalue weighted by Crippen LogP contribution is -2.38. The lowest BCUT2D eigenvalue weighted by molar-refractivity contribution is -0.163. The Morgan fingerprint density at radius 3 is 2.56 bits per heavy atom. The Labute approximate surface area is 107 Å². The third-order valence-corrected chi connectivity index (χ3v) is 3.37. The van der Waals surface area contributed by atoms with Gasteiger partial charge in [0.25, 0.3) is 0 Å². The van der Waals surface area contributed by atoms with Gasteiger partial charge in [0.1, 0.15) is 0 Å². The van der Waals surface area contributed by atoms with Gasteiger partial charge in [-0.15, -0.1) is 0 Å². The van der Waals surface area contributed by atoms with E-state index in [2.05, 4.69) is 0 Å². The maximum atomic E-state index is 11.2. The zero-order valence-corrected chi connectivity index (χ0v) is 10.3. The molecule has 0 radical (unpaired) electrons. The standard InChI is InChI=1S/C15H18O3/c16-14(17)15(10-4-5-11-15)18-12-6-9-13-7-2-1-3-8-13/h1-3,6-9H,4-5,10-12H2,(H,16,17)/b9-6+. The van der Waals surface area contributed by atoms with Crippen molar-refractivity contribution in [1.29, 1.82) is 0 Å². The molecule has 1 aromatic carbocycles. The second kappa shape index (κ2) is 5.83. The van der Waals surface area contributed by atoms with E-state index in [9.17, 15) is 9.90 Å². The number of carbonyl (C=O) groups is 1. The average Bonchev–Trinajstić information content (AvgIpc) is 2.86. The van der Waals surface area contributed by atoms with Crippen LogP contribution in [0.5, 0.6) is 0 Å². The molecular formula is C15H18O3. The van der Waals surface area contributed by atoms with Crippen LogP contribution >= 0.6 is 0 Å². The highest BCUT2D eigenvalue weighted by molar-refractivity contribution is 5.77. The van der Waals surface area contributed by atoms with Gasteiger partial charge in [-0.05, 0) is 31.2 Å². The largest absolute Gasteiger partial charge is 0.479 e. The Hall–Kier alpha value is -1.61. The van der Waals surface area contributed by atoms with Crippen molar-refractivity contribution in [1.82, 2.24) is 0 Å². The summed E-state index contributed by atoms with van der Waals surface area (Å²) in [5.74, 6) is -0.826. The molecule has 18 heavy (non-hydrogen) atoms. The number of aliphatic carboxylic acids is 1. The van der Waals surface area contributed by atoms with Gasteiger partial charge in [-0.3, -0.25) is 0 Å². The fourth-order valence-electron chi connectivity index (χ4n) is 2.32. The molecule has 0 heterocycles. The molecule has 0 aliphatic heterocycles. The molecule has 2 rings (SSSR count). The van der Waals surface area contributed by atoms with Crippen LogP contribution in [0.1, 0.15) is 31.2 Å². The molecule has 96 valence electrons. The van der Waals surface area contributed by atoms with E-state index < -0.39 is 11.6 Å². The monoisotopic (exact) mass is 246 g/mol. The number of carboxylic acids is 1. The molecule has 0 amide bonds. The Morgan fingerprint density at radius 1 is 1.28 bits per heavy atom. The summed E-state index contributed by atoms with van der Waals surface area (Å²) in [5, 5.41) is 9.23. The minimum Gasteiger partial charge on any atom is -0.479 e. The SMILES string of the molecule is O=C(O)C1(OC/C=C/c2ccccc2)CCCC1.